The number of carbonyl (C=O) groups is 1. The van der Waals surface area contributed by atoms with Gasteiger partial charge >= 0.3 is 6.03 Å². The molecule has 3 atom stereocenters. The zero-order valence-corrected chi connectivity index (χ0v) is 15.0. The minimum absolute atomic E-state index is 0.00176. The molecule has 0 aliphatic carbocycles. The van der Waals surface area contributed by atoms with E-state index < -0.39 is 0 Å². The second-order valence-corrected chi connectivity index (χ2v) is 7.12. The summed E-state index contributed by atoms with van der Waals surface area (Å²) in [6, 6.07) is 0.741. The van der Waals surface area contributed by atoms with E-state index in [-0.39, 0.29) is 12.1 Å². The lowest BCUT2D eigenvalue weighted by Crippen LogP contribution is -2.52. The van der Waals surface area contributed by atoms with Gasteiger partial charge in [0.05, 0.1) is 12.2 Å². The Morgan fingerprint density at radius 1 is 1.50 bits per heavy atom. The van der Waals surface area contributed by atoms with Crippen LogP contribution in [-0.4, -0.2) is 47.1 Å². The van der Waals surface area contributed by atoms with Gasteiger partial charge in [0.1, 0.15) is 11.1 Å². The summed E-state index contributed by atoms with van der Waals surface area (Å²) in [7, 11) is 3.54. The summed E-state index contributed by atoms with van der Waals surface area (Å²) in [4.78, 5) is 21.1. The summed E-state index contributed by atoms with van der Waals surface area (Å²) >= 11 is 1.58. The molecule has 1 aliphatic rings. The number of urea groups is 1. The van der Waals surface area contributed by atoms with Gasteiger partial charge in [-0.25, -0.2) is 9.78 Å². The minimum Gasteiger partial charge on any atom is -0.375 e. The summed E-state index contributed by atoms with van der Waals surface area (Å²) in [6.07, 6.45) is 3.40. The Balaban J connectivity index is 2.00. The highest BCUT2D eigenvalue weighted by Crippen LogP contribution is 2.25. The predicted molar refractivity (Wildman–Crippen MR) is 89.0 cm³/mol. The number of rotatable bonds is 4. The van der Waals surface area contributed by atoms with Crippen LogP contribution in [0.15, 0.2) is 5.38 Å². The van der Waals surface area contributed by atoms with E-state index in [1.54, 1.807) is 23.3 Å². The molecular weight excluding hydrogens is 298 g/mol. The third kappa shape index (κ3) is 3.79. The highest BCUT2D eigenvalue weighted by atomic mass is 32.1. The molecule has 1 aliphatic heterocycles. The van der Waals surface area contributed by atoms with Gasteiger partial charge in [-0.05, 0) is 40.0 Å². The SMILES string of the molecule is COC(C)c1nc(CN(C)C(=O)N2C(C)CCCC2C)cs1. The van der Waals surface area contributed by atoms with Crippen LogP contribution in [0.1, 0.15) is 56.8 Å². The van der Waals surface area contributed by atoms with Crippen molar-refractivity contribution < 1.29 is 9.53 Å². The maximum Gasteiger partial charge on any atom is 0.320 e. The second kappa shape index (κ2) is 7.42. The lowest BCUT2D eigenvalue weighted by Gasteiger charge is -2.41. The molecule has 2 heterocycles. The zero-order chi connectivity index (χ0) is 16.3. The molecule has 2 amide bonds. The Hall–Kier alpha value is -1.14. The summed E-state index contributed by atoms with van der Waals surface area (Å²) in [6.45, 7) is 6.81. The van der Waals surface area contributed by atoms with Crippen molar-refractivity contribution in [1.82, 2.24) is 14.8 Å². The van der Waals surface area contributed by atoms with Crippen LogP contribution >= 0.6 is 11.3 Å². The number of nitrogens with zero attached hydrogens (tertiary/aromatic N) is 3. The Morgan fingerprint density at radius 2 is 2.14 bits per heavy atom. The first-order valence-electron chi connectivity index (χ1n) is 7.94. The van der Waals surface area contributed by atoms with Crippen molar-refractivity contribution in [3.63, 3.8) is 0 Å². The lowest BCUT2D eigenvalue weighted by molar-refractivity contribution is 0.0964. The Labute approximate surface area is 137 Å². The smallest absolute Gasteiger partial charge is 0.320 e. The van der Waals surface area contributed by atoms with Crippen LogP contribution in [0.5, 0.6) is 0 Å². The molecule has 0 aromatic carbocycles. The van der Waals surface area contributed by atoms with Crippen LogP contribution in [-0.2, 0) is 11.3 Å². The molecule has 3 unspecified atom stereocenters. The summed E-state index contributed by atoms with van der Waals surface area (Å²) < 4.78 is 5.28. The van der Waals surface area contributed by atoms with Gasteiger partial charge in [0.2, 0.25) is 0 Å². The number of aromatic nitrogens is 1. The number of likely N-dealkylation sites (tertiary alicyclic amines) is 1. The first-order valence-corrected chi connectivity index (χ1v) is 8.82. The molecule has 2 rings (SSSR count). The number of thiazole rings is 1. The average Bonchev–Trinajstić information content (AvgIpc) is 2.94. The average molecular weight is 325 g/mol. The molecule has 1 aromatic rings. The van der Waals surface area contributed by atoms with Crippen molar-refractivity contribution >= 4 is 17.4 Å². The molecule has 1 saturated heterocycles. The molecule has 0 radical (unpaired) electrons. The van der Waals surface area contributed by atoms with E-state index in [9.17, 15) is 4.79 Å². The van der Waals surface area contributed by atoms with Crippen LogP contribution in [0.4, 0.5) is 4.79 Å². The number of hydrogen-bond acceptors (Lipinski definition) is 4. The topological polar surface area (TPSA) is 45.7 Å². The number of hydrogen-bond donors (Lipinski definition) is 0. The molecule has 0 spiro atoms. The molecule has 1 aromatic heterocycles. The van der Waals surface area contributed by atoms with E-state index in [0.717, 1.165) is 23.5 Å². The molecular formula is C16H27N3O2S. The van der Waals surface area contributed by atoms with Crippen LogP contribution in [0.2, 0.25) is 0 Å². The van der Waals surface area contributed by atoms with Crippen molar-refractivity contribution in [2.24, 2.45) is 0 Å². The third-order valence-corrected chi connectivity index (χ3v) is 5.47. The van der Waals surface area contributed by atoms with E-state index in [4.69, 9.17) is 4.74 Å². The van der Waals surface area contributed by atoms with Gasteiger partial charge in [-0.2, -0.15) is 0 Å². The van der Waals surface area contributed by atoms with E-state index in [1.165, 1.54) is 6.42 Å². The Bertz CT molecular complexity index is 495. The molecule has 0 bridgehead atoms. The summed E-state index contributed by atoms with van der Waals surface area (Å²) in [5, 5.41) is 2.97. The standard InChI is InChI=1S/C16H27N3O2S/c1-11-7-6-8-12(2)19(11)16(20)18(4)9-14-10-22-15(17-14)13(3)21-5/h10-13H,6-9H2,1-5H3. The Kier molecular flexibility index (Phi) is 5.81. The van der Waals surface area contributed by atoms with Crippen molar-refractivity contribution in [1.29, 1.82) is 0 Å². The van der Waals surface area contributed by atoms with Crippen LogP contribution < -0.4 is 0 Å². The fourth-order valence-corrected chi connectivity index (χ4v) is 3.83. The first kappa shape index (κ1) is 17.2. The zero-order valence-electron chi connectivity index (χ0n) is 14.2. The van der Waals surface area contributed by atoms with E-state index in [2.05, 4.69) is 18.8 Å². The van der Waals surface area contributed by atoms with Crippen molar-refractivity contribution in [3.05, 3.63) is 16.1 Å². The van der Waals surface area contributed by atoms with Crippen molar-refractivity contribution in [3.8, 4) is 0 Å². The van der Waals surface area contributed by atoms with Crippen LogP contribution in [0.25, 0.3) is 0 Å². The normalized spacial score (nSPS) is 23.4. The maximum absolute atomic E-state index is 12.7. The summed E-state index contributed by atoms with van der Waals surface area (Å²) in [5.74, 6) is 0. The monoisotopic (exact) mass is 325 g/mol. The van der Waals surface area contributed by atoms with Gasteiger partial charge in [-0.1, -0.05) is 0 Å². The van der Waals surface area contributed by atoms with E-state index in [0.29, 0.717) is 18.6 Å². The minimum atomic E-state index is 0.00176. The number of carbonyl (C=O) groups excluding carboxylic acids is 1. The quantitative estimate of drug-likeness (QED) is 0.848. The van der Waals surface area contributed by atoms with E-state index >= 15 is 0 Å². The van der Waals surface area contributed by atoms with Crippen LogP contribution in [0.3, 0.4) is 0 Å². The van der Waals surface area contributed by atoms with Gasteiger partial charge in [-0.3, -0.25) is 0 Å². The van der Waals surface area contributed by atoms with Gasteiger partial charge in [-0.15, -0.1) is 11.3 Å². The molecule has 0 N–H and O–H groups in total. The largest absolute Gasteiger partial charge is 0.375 e. The molecule has 1 fully saturated rings. The molecule has 124 valence electrons. The van der Waals surface area contributed by atoms with Gasteiger partial charge in [0, 0.05) is 31.6 Å². The fourth-order valence-electron chi connectivity index (χ4n) is 2.99. The number of piperidine rings is 1. The van der Waals surface area contributed by atoms with Gasteiger partial charge < -0.3 is 14.5 Å². The molecule has 0 saturated carbocycles. The highest BCUT2D eigenvalue weighted by Gasteiger charge is 2.31. The number of ether oxygens (including phenoxy) is 1. The van der Waals surface area contributed by atoms with Crippen molar-refractivity contribution in [2.75, 3.05) is 14.2 Å². The second-order valence-electron chi connectivity index (χ2n) is 6.23. The number of amides is 2. The van der Waals surface area contributed by atoms with Gasteiger partial charge in [0.15, 0.2) is 0 Å². The molecule has 22 heavy (non-hydrogen) atoms. The number of methoxy groups -OCH3 is 1. The lowest BCUT2D eigenvalue weighted by atomic mass is 9.98. The molecule has 6 heteroatoms. The van der Waals surface area contributed by atoms with Crippen LogP contribution in [0, 0.1) is 0 Å². The third-order valence-electron chi connectivity index (χ3n) is 4.41. The predicted octanol–water partition coefficient (Wildman–Crippen LogP) is 3.67. The van der Waals surface area contributed by atoms with Gasteiger partial charge in [0.25, 0.3) is 0 Å². The molecule has 5 nitrogen and oxygen atoms in total. The fraction of sp³-hybridized carbons (Fsp3) is 0.750. The van der Waals surface area contributed by atoms with E-state index in [1.807, 2.05) is 24.3 Å². The summed E-state index contributed by atoms with van der Waals surface area (Å²) in [5.41, 5.74) is 0.928. The maximum atomic E-state index is 12.7. The highest BCUT2D eigenvalue weighted by molar-refractivity contribution is 7.09. The van der Waals surface area contributed by atoms with Crippen molar-refractivity contribution in [2.45, 2.75) is 64.8 Å². The first-order chi connectivity index (χ1) is 10.4. The Morgan fingerprint density at radius 3 is 2.73 bits per heavy atom.